The molecule has 0 radical (unpaired) electrons. The molecule has 1 aliphatic heterocycles. The van der Waals surface area contributed by atoms with Crippen LogP contribution in [0.1, 0.15) is 50.8 Å². The van der Waals surface area contributed by atoms with Crippen molar-refractivity contribution in [1.82, 2.24) is 19.5 Å². The molecule has 4 heterocycles. The van der Waals surface area contributed by atoms with Crippen LogP contribution in [0.5, 0.6) is 0 Å². The first-order chi connectivity index (χ1) is 16.6. The molecule has 1 aromatic carbocycles. The molecule has 182 valence electrons. The van der Waals surface area contributed by atoms with Crippen LogP contribution in [-0.4, -0.2) is 37.5 Å². The number of ether oxygens (including phenoxy) is 2. The number of fused-ring (bicyclic) bond motifs is 3. The molecule has 1 saturated carbocycles. The summed E-state index contributed by atoms with van der Waals surface area (Å²) in [6.45, 7) is 8.31. The monoisotopic (exact) mass is 472 g/mol. The van der Waals surface area contributed by atoms with Gasteiger partial charge in [-0.25, -0.2) is 15.0 Å². The van der Waals surface area contributed by atoms with Crippen LogP contribution >= 0.6 is 0 Å². The van der Waals surface area contributed by atoms with E-state index >= 15 is 0 Å². The molecule has 35 heavy (non-hydrogen) atoms. The van der Waals surface area contributed by atoms with Gasteiger partial charge in [0, 0.05) is 11.6 Å². The van der Waals surface area contributed by atoms with Crippen molar-refractivity contribution < 1.29 is 9.47 Å². The Hall–Kier alpha value is -3.23. The molecular weight excluding hydrogens is 440 g/mol. The van der Waals surface area contributed by atoms with Gasteiger partial charge in [-0.3, -0.25) is 0 Å². The summed E-state index contributed by atoms with van der Waals surface area (Å²) in [7, 11) is 0. The molecule has 1 aliphatic carbocycles. The van der Waals surface area contributed by atoms with Gasteiger partial charge >= 0.3 is 0 Å². The maximum Gasteiger partial charge on any atom is 0.163 e. The van der Waals surface area contributed by atoms with E-state index < -0.39 is 5.79 Å². The molecule has 4 N–H and O–H groups in total. The van der Waals surface area contributed by atoms with E-state index in [1.54, 1.807) is 0 Å². The Morgan fingerprint density at radius 3 is 2.71 bits per heavy atom. The maximum absolute atomic E-state index is 6.52. The van der Waals surface area contributed by atoms with Gasteiger partial charge in [0.15, 0.2) is 5.79 Å². The average molecular weight is 473 g/mol. The number of nitrogens with two attached hydrogens (primary N) is 2. The number of hydrogen-bond donors (Lipinski definition) is 2. The van der Waals surface area contributed by atoms with E-state index in [4.69, 9.17) is 20.9 Å². The second-order valence-corrected chi connectivity index (χ2v) is 10.9. The van der Waals surface area contributed by atoms with Crippen molar-refractivity contribution in [2.24, 2.45) is 5.41 Å². The summed E-state index contributed by atoms with van der Waals surface area (Å²) in [5, 5.41) is 1.98. The topological polar surface area (TPSA) is 114 Å². The molecule has 8 heteroatoms. The third-order valence-electron chi connectivity index (χ3n) is 7.86. The summed E-state index contributed by atoms with van der Waals surface area (Å²) in [5.41, 5.74) is 16.1. The van der Waals surface area contributed by atoms with Gasteiger partial charge in [0.1, 0.15) is 29.7 Å². The number of hydrogen-bond acceptors (Lipinski definition) is 7. The molecule has 0 amide bonds. The second kappa shape index (κ2) is 7.63. The van der Waals surface area contributed by atoms with E-state index in [0.717, 1.165) is 46.8 Å². The van der Waals surface area contributed by atoms with Crippen LogP contribution in [0.4, 0.5) is 11.6 Å². The van der Waals surface area contributed by atoms with E-state index in [0.29, 0.717) is 11.6 Å². The van der Waals surface area contributed by atoms with E-state index in [2.05, 4.69) is 56.9 Å². The summed E-state index contributed by atoms with van der Waals surface area (Å²) in [4.78, 5) is 13.3. The molecule has 0 bridgehead atoms. The minimum Gasteiger partial charge on any atom is -0.383 e. The lowest BCUT2D eigenvalue weighted by Gasteiger charge is -2.32. The minimum absolute atomic E-state index is 0.0176. The fraction of sp³-hybridized carbons (Fsp3) is 0.444. The van der Waals surface area contributed by atoms with Crippen molar-refractivity contribution in [1.29, 1.82) is 0 Å². The lowest BCUT2D eigenvalue weighted by Crippen LogP contribution is -2.34. The van der Waals surface area contributed by atoms with Gasteiger partial charge in [-0.1, -0.05) is 19.1 Å². The Labute approximate surface area is 204 Å². The highest BCUT2D eigenvalue weighted by molar-refractivity contribution is 5.86. The summed E-state index contributed by atoms with van der Waals surface area (Å²) in [6.07, 6.45) is 6.30. The van der Waals surface area contributed by atoms with Crippen LogP contribution in [0.25, 0.3) is 21.9 Å². The smallest absolute Gasteiger partial charge is 0.163 e. The van der Waals surface area contributed by atoms with Crippen LogP contribution in [-0.2, 0) is 15.9 Å². The number of rotatable bonds is 4. The Morgan fingerprint density at radius 2 is 1.89 bits per heavy atom. The molecule has 2 aliphatic rings. The van der Waals surface area contributed by atoms with Crippen molar-refractivity contribution >= 4 is 33.6 Å². The lowest BCUT2D eigenvalue weighted by molar-refractivity contribution is -0.168. The third kappa shape index (κ3) is 3.63. The lowest BCUT2D eigenvalue weighted by atomic mass is 9.80. The summed E-state index contributed by atoms with van der Waals surface area (Å²) in [5.74, 6) is 0.454. The molecule has 0 unspecified atom stereocenters. The predicted molar refractivity (Wildman–Crippen MR) is 137 cm³/mol. The number of aromatic nitrogens is 4. The van der Waals surface area contributed by atoms with Crippen molar-refractivity contribution in [3.63, 3.8) is 0 Å². The summed E-state index contributed by atoms with van der Waals surface area (Å²) < 4.78 is 15.2. The SMILES string of the molecule is Cc1cc2ccc(CC[C@@]3(C)C[C@@H](n4ccc5c(N)ncnc54)[C@@H]4OC(C)(C)O[C@@H]43)cc2nc1N. The Balaban J connectivity index is 1.31. The molecule has 3 aromatic heterocycles. The van der Waals surface area contributed by atoms with E-state index in [1.807, 2.05) is 26.8 Å². The molecule has 8 nitrogen and oxygen atoms in total. The van der Waals surface area contributed by atoms with Crippen molar-refractivity contribution in [2.75, 3.05) is 11.5 Å². The van der Waals surface area contributed by atoms with Crippen molar-refractivity contribution in [2.45, 2.75) is 71.0 Å². The first-order valence-corrected chi connectivity index (χ1v) is 12.2. The summed E-state index contributed by atoms with van der Waals surface area (Å²) >= 11 is 0. The molecular formula is C27H32N6O2. The predicted octanol–water partition coefficient (Wildman–Crippen LogP) is 4.56. The zero-order chi connectivity index (χ0) is 24.5. The highest BCUT2D eigenvalue weighted by Crippen LogP contribution is 2.55. The summed E-state index contributed by atoms with van der Waals surface area (Å²) in [6, 6.07) is 10.7. The zero-order valence-electron chi connectivity index (χ0n) is 20.7. The van der Waals surface area contributed by atoms with Gasteiger partial charge in [0.05, 0.1) is 23.0 Å². The normalized spacial score (nSPS) is 27.6. The number of aryl methyl sites for hydroxylation is 2. The third-order valence-corrected chi connectivity index (χ3v) is 7.86. The van der Waals surface area contributed by atoms with Gasteiger partial charge in [0.2, 0.25) is 0 Å². The highest BCUT2D eigenvalue weighted by Gasteiger charge is 2.59. The molecule has 4 aromatic rings. The van der Waals surface area contributed by atoms with Crippen molar-refractivity contribution in [3.8, 4) is 0 Å². The maximum atomic E-state index is 6.52. The quantitative estimate of drug-likeness (QED) is 0.448. The number of anilines is 2. The zero-order valence-corrected chi connectivity index (χ0v) is 20.7. The fourth-order valence-corrected chi connectivity index (χ4v) is 6.00. The Bertz CT molecular complexity index is 1450. The molecule has 6 rings (SSSR count). The van der Waals surface area contributed by atoms with E-state index in [1.165, 1.54) is 11.9 Å². The van der Waals surface area contributed by atoms with Gasteiger partial charge in [-0.05, 0) is 74.8 Å². The van der Waals surface area contributed by atoms with Gasteiger partial charge < -0.3 is 25.5 Å². The average Bonchev–Trinajstić information content (AvgIpc) is 3.45. The van der Waals surface area contributed by atoms with Crippen molar-refractivity contribution in [3.05, 3.63) is 54.0 Å². The minimum atomic E-state index is -0.630. The van der Waals surface area contributed by atoms with Crippen LogP contribution in [0, 0.1) is 12.3 Å². The van der Waals surface area contributed by atoms with Crippen LogP contribution in [0.2, 0.25) is 0 Å². The molecule has 2 fully saturated rings. The first kappa shape index (κ1) is 22.2. The van der Waals surface area contributed by atoms with Crippen LogP contribution in [0.3, 0.4) is 0 Å². The fourth-order valence-electron chi connectivity index (χ4n) is 6.00. The van der Waals surface area contributed by atoms with Gasteiger partial charge in [-0.15, -0.1) is 0 Å². The second-order valence-electron chi connectivity index (χ2n) is 10.9. The van der Waals surface area contributed by atoms with E-state index in [9.17, 15) is 0 Å². The van der Waals surface area contributed by atoms with Gasteiger partial charge in [0.25, 0.3) is 0 Å². The number of nitrogens with zero attached hydrogens (tertiary/aromatic N) is 4. The standard InChI is InChI=1S/C27H32N6O2/c1-15-11-17-6-5-16(12-19(17)32-23(15)28)7-9-27(4)13-20(21-22(27)35-26(2,3)34-21)33-10-8-18-24(29)30-14-31-25(18)33/h5-6,8,10-12,14,20-22H,7,9,13H2,1-4H3,(H2,28,32)(H2,29,30,31)/t20-,21+,22+,27+/m1/s1. The number of nitrogen functional groups attached to an aromatic ring is 2. The molecule has 4 atom stereocenters. The number of pyridine rings is 1. The Kier molecular flexibility index (Phi) is 4.85. The van der Waals surface area contributed by atoms with Crippen LogP contribution in [0.15, 0.2) is 42.9 Å². The van der Waals surface area contributed by atoms with E-state index in [-0.39, 0.29) is 23.7 Å². The van der Waals surface area contributed by atoms with Gasteiger partial charge in [-0.2, -0.15) is 0 Å². The first-order valence-electron chi connectivity index (χ1n) is 12.2. The molecule has 1 saturated heterocycles. The number of benzene rings is 1. The largest absolute Gasteiger partial charge is 0.383 e. The van der Waals surface area contributed by atoms with Crippen LogP contribution < -0.4 is 11.5 Å². The Morgan fingerprint density at radius 1 is 1.06 bits per heavy atom. The molecule has 0 spiro atoms. The highest BCUT2D eigenvalue weighted by atomic mass is 16.8.